The molecule has 0 aromatic heterocycles. The lowest BCUT2D eigenvalue weighted by Crippen LogP contribution is -2.29. The Labute approximate surface area is 109 Å². The predicted octanol–water partition coefficient (Wildman–Crippen LogP) is 1.86. The average Bonchev–Trinajstić information content (AvgIpc) is 2.38. The Balaban J connectivity index is 2.97. The molecule has 4 nitrogen and oxygen atoms in total. The zero-order valence-electron chi connectivity index (χ0n) is 11.3. The van der Waals surface area contributed by atoms with Gasteiger partial charge in [-0.15, -0.1) is 0 Å². The van der Waals surface area contributed by atoms with E-state index in [2.05, 4.69) is 5.32 Å². The second kappa shape index (κ2) is 6.20. The van der Waals surface area contributed by atoms with Crippen LogP contribution in [0.25, 0.3) is 0 Å². The van der Waals surface area contributed by atoms with E-state index in [-0.39, 0.29) is 6.04 Å². The van der Waals surface area contributed by atoms with E-state index in [9.17, 15) is 8.42 Å². The van der Waals surface area contributed by atoms with E-state index < -0.39 is 15.1 Å². The van der Waals surface area contributed by atoms with Gasteiger partial charge >= 0.3 is 0 Å². The number of sulfone groups is 1. The fourth-order valence-corrected chi connectivity index (χ4v) is 3.31. The first-order valence-corrected chi connectivity index (χ1v) is 7.51. The maximum atomic E-state index is 12.4. The van der Waals surface area contributed by atoms with Crippen molar-refractivity contribution in [1.82, 2.24) is 5.32 Å². The van der Waals surface area contributed by atoms with Crippen LogP contribution in [0.3, 0.4) is 0 Å². The summed E-state index contributed by atoms with van der Waals surface area (Å²) >= 11 is 0. The highest BCUT2D eigenvalue weighted by atomic mass is 32.2. The lowest BCUT2D eigenvalue weighted by atomic mass is 10.2. The molecule has 0 spiro atoms. The van der Waals surface area contributed by atoms with Gasteiger partial charge in [0.05, 0.1) is 17.3 Å². The highest BCUT2D eigenvalue weighted by molar-refractivity contribution is 7.92. The minimum atomic E-state index is -3.30. The second-order valence-electron chi connectivity index (χ2n) is 4.46. The van der Waals surface area contributed by atoms with Gasteiger partial charge in [-0.1, -0.05) is 6.07 Å². The maximum absolute atomic E-state index is 12.4. The number of hydrogen-bond acceptors (Lipinski definition) is 4. The van der Waals surface area contributed by atoms with Crippen LogP contribution >= 0.6 is 0 Å². The van der Waals surface area contributed by atoms with Crippen LogP contribution < -0.4 is 10.1 Å². The molecule has 0 amide bonds. The number of ether oxygens (including phenoxy) is 1. The van der Waals surface area contributed by atoms with Crippen molar-refractivity contribution in [3.05, 3.63) is 24.3 Å². The van der Waals surface area contributed by atoms with Crippen molar-refractivity contribution < 1.29 is 13.2 Å². The molecule has 5 heteroatoms. The third-order valence-corrected chi connectivity index (χ3v) is 5.24. The summed E-state index contributed by atoms with van der Waals surface area (Å²) in [6.45, 7) is 3.71. The number of rotatable bonds is 6. The molecule has 1 rings (SSSR count). The molecule has 2 unspecified atom stereocenters. The van der Waals surface area contributed by atoms with E-state index >= 15 is 0 Å². The van der Waals surface area contributed by atoms with Crippen LogP contribution in [0.1, 0.15) is 20.3 Å². The molecular weight excluding hydrogens is 250 g/mol. The number of benzene rings is 1. The second-order valence-corrected chi connectivity index (χ2v) is 6.83. The first-order valence-electron chi connectivity index (χ1n) is 5.97. The summed E-state index contributed by atoms with van der Waals surface area (Å²) in [7, 11) is 0.0582. The van der Waals surface area contributed by atoms with Crippen LogP contribution in [0, 0.1) is 0 Å². The molecular formula is C13H21NO3S. The van der Waals surface area contributed by atoms with Crippen LogP contribution in [0.15, 0.2) is 29.2 Å². The highest BCUT2D eigenvalue weighted by Crippen LogP contribution is 2.23. The Kier molecular flexibility index (Phi) is 5.16. The zero-order valence-corrected chi connectivity index (χ0v) is 12.1. The van der Waals surface area contributed by atoms with Crippen molar-refractivity contribution in [3.63, 3.8) is 0 Å². The quantitative estimate of drug-likeness (QED) is 0.858. The summed E-state index contributed by atoms with van der Waals surface area (Å²) in [5.41, 5.74) is 0. The number of hydrogen-bond donors (Lipinski definition) is 1. The first kappa shape index (κ1) is 15.0. The van der Waals surface area contributed by atoms with Gasteiger partial charge in [0.25, 0.3) is 0 Å². The molecule has 0 saturated carbocycles. The summed E-state index contributed by atoms with van der Waals surface area (Å²) in [4.78, 5) is 0.317. The van der Waals surface area contributed by atoms with E-state index in [0.717, 1.165) is 0 Å². The van der Waals surface area contributed by atoms with Gasteiger partial charge in [-0.3, -0.25) is 0 Å². The molecule has 18 heavy (non-hydrogen) atoms. The van der Waals surface area contributed by atoms with Gasteiger partial charge < -0.3 is 10.1 Å². The standard InChI is InChI=1S/C13H21NO3S/c1-10(14-3)8-11(2)18(15,16)13-7-5-6-12(9-13)17-4/h5-7,9-11,14H,8H2,1-4H3. The van der Waals surface area contributed by atoms with E-state index in [1.807, 2.05) is 14.0 Å². The Morgan fingerprint density at radius 2 is 2.00 bits per heavy atom. The lowest BCUT2D eigenvalue weighted by molar-refractivity contribution is 0.413. The summed E-state index contributed by atoms with van der Waals surface area (Å²) in [5.74, 6) is 0.560. The van der Waals surface area contributed by atoms with E-state index in [1.54, 1.807) is 31.2 Å². The normalized spacial score (nSPS) is 15.1. The minimum absolute atomic E-state index is 0.167. The zero-order chi connectivity index (χ0) is 13.8. The fraction of sp³-hybridized carbons (Fsp3) is 0.538. The van der Waals surface area contributed by atoms with Crippen molar-refractivity contribution >= 4 is 9.84 Å². The largest absolute Gasteiger partial charge is 0.497 e. The summed E-state index contributed by atoms with van der Waals surface area (Å²) in [6, 6.07) is 6.77. The average molecular weight is 271 g/mol. The molecule has 0 aliphatic carbocycles. The maximum Gasteiger partial charge on any atom is 0.181 e. The smallest absolute Gasteiger partial charge is 0.181 e. The Hall–Kier alpha value is -1.07. The van der Waals surface area contributed by atoms with E-state index in [1.165, 1.54) is 7.11 Å². The monoisotopic (exact) mass is 271 g/mol. The third-order valence-electron chi connectivity index (χ3n) is 3.08. The highest BCUT2D eigenvalue weighted by Gasteiger charge is 2.24. The lowest BCUT2D eigenvalue weighted by Gasteiger charge is -2.17. The summed E-state index contributed by atoms with van der Waals surface area (Å²) < 4.78 is 29.8. The van der Waals surface area contributed by atoms with Crippen molar-refractivity contribution in [2.24, 2.45) is 0 Å². The molecule has 1 N–H and O–H groups in total. The van der Waals surface area contributed by atoms with Crippen LogP contribution in [0.5, 0.6) is 5.75 Å². The topological polar surface area (TPSA) is 55.4 Å². The molecule has 102 valence electrons. The Morgan fingerprint density at radius 3 is 2.56 bits per heavy atom. The first-order chi connectivity index (χ1) is 8.41. The molecule has 0 bridgehead atoms. The van der Waals surface area contributed by atoms with Crippen LogP contribution in [0.2, 0.25) is 0 Å². The van der Waals surface area contributed by atoms with Crippen molar-refractivity contribution in [3.8, 4) is 5.75 Å². The SMILES string of the molecule is CNC(C)CC(C)S(=O)(=O)c1cccc(OC)c1. The van der Waals surface area contributed by atoms with Crippen LogP contribution in [0.4, 0.5) is 0 Å². The summed E-state index contributed by atoms with van der Waals surface area (Å²) in [6.07, 6.45) is 0.579. The van der Waals surface area contributed by atoms with Gasteiger partial charge in [0.2, 0.25) is 0 Å². The molecule has 0 fully saturated rings. The summed E-state index contributed by atoms with van der Waals surface area (Å²) in [5, 5.41) is 2.63. The Morgan fingerprint density at radius 1 is 1.33 bits per heavy atom. The van der Waals surface area contributed by atoms with Crippen LogP contribution in [-0.4, -0.2) is 33.9 Å². The van der Waals surface area contributed by atoms with Gasteiger partial charge in [0, 0.05) is 6.04 Å². The molecule has 0 heterocycles. The van der Waals surface area contributed by atoms with Gasteiger partial charge in [-0.05, 0) is 45.5 Å². The van der Waals surface area contributed by atoms with Crippen molar-refractivity contribution in [1.29, 1.82) is 0 Å². The van der Waals surface area contributed by atoms with Crippen molar-refractivity contribution in [2.45, 2.75) is 36.5 Å². The van der Waals surface area contributed by atoms with Gasteiger partial charge in [0.15, 0.2) is 9.84 Å². The fourth-order valence-electron chi connectivity index (χ4n) is 1.75. The molecule has 2 atom stereocenters. The molecule has 0 aliphatic rings. The van der Waals surface area contributed by atoms with Gasteiger partial charge in [-0.25, -0.2) is 8.42 Å². The van der Waals surface area contributed by atoms with E-state index in [4.69, 9.17) is 4.74 Å². The number of nitrogens with one attached hydrogen (secondary N) is 1. The molecule has 1 aromatic carbocycles. The predicted molar refractivity (Wildman–Crippen MR) is 72.8 cm³/mol. The molecule has 1 aromatic rings. The van der Waals surface area contributed by atoms with Crippen molar-refractivity contribution in [2.75, 3.05) is 14.2 Å². The molecule has 0 aliphatic heterocycles. The van der Waals surface area contributed by atoms with Crippen LogP contribution in [-0.2, 0) is 9.84 Å². The molecule has 0 radical (unpaired) electrons. The minimum Gasteiger partial charge on any atom is -0.497 e. The molecule has 0 saturated heterocycles. The van der Waals surface area contributed by atoms with Gasteiger partial charge in [0.1, 0.15) is 5.75 Å². The Bertz CT molecular complexity index is 485. The third kappa shape index (κ3) is 3.46. The van der Waals surface area contributed by atoms with Gasteiger partial charge in [-0.2, -0.15) is 0 Å². The van der Waals surface area contributed by atoms with E-state index in [0.29, 0.717) is 17.1 Å². The number of methoxy groups -OCH3 is 1.